The fourth-order valence-electron chi connectivity index (χ4n) is 4.64. The lowest BCUT2D eigenvalue weighted by molar-refractivity contribution is -0.114. The summed E-state index contributed by atoms with van der Waals surface area (Å²) in [5.41, 5.74) is 1.02. The van der Waals surface area contributed by atoms with Crippen molar-refractivity contribution < 1.29 is 32.5 Å². The van der Waals surface area contributed by atoms with Gasteiger partial charge in [0.05, 0.1) is 23.6 Å². The topological polar surface area (TPSA) is 162 Å². The fourth-order valence-corrected chi connectivity index (χ4v) is 5.23. The van der Waals surface area contributed by atoms with Gasteiger partial charge in [0.1, 0.15) is 29.6 Å². The Kier molecular flexibility index (Phi) is 7.75. The van der Waals surface area contributed by atoms with Gasteiger partial charge < -0.3 is 30.0 Å². The third kappa shape index (κ3) is 7.03. The SMILES string of the molecule is CC(=O)Nc1cc(Nc2cc(OC3CCC(O)CC3)cc(S(C)(=O)=O)n2)c(-c2ccc3c(n2)OCC(C)(C)O3)cn1. The van der Waals surface area contributed by atoms with E-state index in [-0.39, 0.29) is 34.8 Å². The number of sulfone groups is 1. The molecule has 3 aromatic heterocycles. The lowest BCUT2D eigenvalue weighted by Gasteiger charge is -2.31. The summed E-state index contributed by atoms with van der Waals surface area (Å²) in [4.78, 5) is 25.0. The van der Waals surface area contributed by atoms with Gasteiger partial charge in [-0.25, -0.2) is 23.4 Å². The summed E-state index contributed by atoms with van der Waals surface area (Å²) >= 11 is 0. The van der Waals surface area contributed by atoms with E-state index in [4.69, 9.17) is 14.2 Å². The molecule has 1 saturated carbocycles. The third-order valence-corrected chi connectivity index (χ3v) is 7.59. The number of anilines is 3. The molecule has 5 rings (SSSR count). The Morgan fingerprint density at radius 3 is 2.56 bits per heavy atom. The van der Waals surface area contributed by atoms with Crippen LogP contribution in [0.15, 0.2) is 41.6 Å². The van der Waals surface area contributed by atoms with Crippen LogP contribution in [0.5, 0.6) is 17.4 Å². The molecule has 0 radical (unpaired) electrons. The molecule has 0 bridgehead atoms. The van der Waals surface area contributed by atoms with Gasteiger partial charge in [0.15, 0.2) is 20.6 Å². The van der Waals surface area contributed by atoms with Crippen LogP contribution in [0.2, 0.25) is 0 Å². The van der Waals surface area contributed by atoms with Gasteiger partial charge in [0, 0.05) is 43.1 Å². The minimum Gasteiger partial charge on any atom is -0.490 e. The van der Waals surface area contributed by atoms with Crippen molar-refractivity contribution in [3.05, 3.63) is 36.5 Å². The van der Waals surface area contributed by atoms with Gasteiger partial charge in [-0.15, -0.1) is 0 Å². The van der Waals surface area contributed by atoms with Crippen LogP contribution < -0.4 is 24.8 Å². The van der Waals surface area contributed by atoms with Gasteiger partial charge in [-0.1, -0.05) is 0 Å². The Bertz CT molecular complexity index is 1570. The van der Waals surface area contributed by atoms with E-state index in [9.17, 15) is 18.3 Å². The molecule has 13 heteroatoms. The zero-order valence-corrected chi connectivity index (χ0v) is 24.1. The van der Waals surface area contributed by atoms with Gasteiger partial charge >= 0.3 is 0 Å². The monoisotopic (exact) mass is 583 g/mol. The Labute approximate surface area is 238 Å². The van der Waals surface area contributed by atoms with E-state index in [1.54, 1.807) is 30.5 Å². The molecule has 1 aliphatic heterocycles. The highest BCUT2D eigenvalue weighted by molar-refractivity contribution is 7.90. The Balaban J connectivity index is 1.52. The molecule has 2 aliphatic rings. The Morgan fingerprint density at radius 1 is 1.10 bits per heavy atom. The van der Waals surface area contributed by atoms with Crippen molar-refractivity contribution in [3.8, 4) is 28.6 Å². The maximum atomic E-state index is 12.5. The van der Waals surface area contributed by atoms with E-state index in [0.29, 0.717) is 66.6 Å². The molecule has 218 valence electrons. The second-order valence-electron chi connectivity index (χ2n) is 10.9. The van der Waals surface area contributed by atoms with E-state index < -0.39 is 15.4 Å². The van der Waals surface area contributed by atoms with Crippen LogP contribution in [0.25, 0.3) is 11.3 Å². The van der Waals surface area contributed by atoms with Crippen LogP contribution in [0, 0.1) is 0 Å². The van der Waals surface area contributed by atoms with Crippen molar-refractivity contribution in [2.75, 3.05) is 23.5 Å². The zero-order chi connectivity index (χ0) is 29.4. The summed E-state index contributed by atoms with van der Waals surface area (Å²) in [5, 5.41) is 15.5. The minimum atomic E-state index is -3.68. The molecule has 3 N–H and O–H groups in total. The van der Waals surface area contributed by atoms with Gasteiger partial charge in [-0.3, -0.25) is 4.79 Å². The average Bonchev–Trinajstić information content (AvgIpc) is 2.89. The molecular weight excluding hydrogens is 550 g/mol. The lowest BCUT2D eigenvalue weighted by atomic mass is 9.95. The number of carbonyl (C=O) groups excluding carboxylic acids is 1. The van der Waals surface area contributed by atoms with E-state index in [1.165, 1.54) is 13.0 Å². The third-order valence-electron chi connectivity index (χ3n) is 6.62. The number of aliphatic hydroxyl groups excluding tert-OH is 1. The predicted octanol–water partition coefficient (Wildman–Crippen LogP) is 3.88. The van der Waals surface area contributed by atoms with Crippen LogP contribution in [-0.4, -0.2) is 65.1 Å². The average molecular weight is 584 g/mol. The molecule has 1 amide bonds. The van der Waals surface area contributed by atoms with Crippen LogP contribution >= 0.6 is 0 Å². The predicted molar refractivity (Wildman–Crippen MR) is 151 cm³/mol. The first-order chi connectivity index (χ1) is 19.3. The van der Waals surface area contributed by atoms with E-state index in [1.807, 2.05) is 13.8 Å². The fraction of sp³-hybridized carbons (Fsp3) is 0.429. The number of hydrogen-bond acceptors (Lipinski definition) is 11. The minimum absolute atomic E-state index is 0.157. The zero-order valence-electron chi connectivity index (χ0n) is 23.3. The number of nitrogens with zero attached hydrogens (tertiary/aromatic N) is 3. The van der Waals surface area contributed by atoms with Crippen LogP contribution in [0.3, 0.4) is 0 Å². The van der Waals surface area contributed by atoms with E-state index in [0.717, 1.165) is 6.26 Å². The number of rotatable bonds is 7. The maximum absolute atomic E-state index is 12.5. The van der Waals surface area contributed by atoms with Crippen molar-refractivity contribution in [2.45, 2.75) is 69.3 Å². The summed E-state index contributed by atoms with van der Waals surface area (Å²) in [6.45, 7) is 5.54. The second-order valence-corrected chi connectivity index (χ2v) is 12.9. The van der Waals surface area contributed by atoms with Crippen LogP contribution in [0.1, 0.15) is 46.5 Å². The molecule has 0 atom stereocenters. The van der Waals surface area contributed by atoms with Crippen molar-refractivity contribution >= 4 is 33.1 Å². The first kappa shape index (κ1) is 28.6. The second kappa shape index (κ2) is 11.1. The summed E-state index contributed by atoms with van der Waals surface area (Å²) in [6.07, 6.45) is 4.66. The molecule has 3 aromatic rings. The molecule has 12 nitrogen and oxygen atoms in total. The molecule has 0 spiro atoms. The van der Waals surface area contributed by atoms with Gasteiger partial charge in [-0.05, 0) is 51.7 Å². The summed E-state index contributed by atoms with van der Waals surface area (Å²) in [5.74, 6) is 1.37. The molecule has 1 fully saturated rings. The summed E-state index contributed by atoms with van der Waals surface area (Å²) < 4.78 is 42.9. The normalized spacial score (nSPS) is 19.7. The number of aliphatic hydroxyl groups is 1. The van der Waals surface area contributed by atoms with Crippen molar-refractivity contribution in [2.24, 2.45) is 0 Å². The van der Waals surface area contributed by atoms with Gasteiger partial charge in [-0.2, -0.15) is 0 Å². The summed E-state index contributed by atoms with van der Waals surface area (Å²) in [6, 6.07) is 8.14. The number of amides is 1. The number of pyridine rings is 3. The van der Waals surface area contributed by atoms with Crippen molar-refractivity contribution in [3.63, 3.8) is 0 Å². The van der Waals surface area contributed by atoms with Crippen molar-refractivity contribution in [1.82, 2.24) is 15.0 Å². The molecular formula is C28H33N5O7S. The highest BCUT2D eigenvalue weighted by Gasteiger charge is 2.29. The van der Waals surface area contributed by atoms with E-state index >= 15 is 0 Å². The molecule has 41 heavy (non-hydrogen) atoms. The molecule has 4 heterocycles. The Morgan fingerprint density at radius 2 is 1.85 bits per heavy atom. The molecule has 0 saturated heterocycles. The lowest BCUT2D eigenvalue weighted by Crippen LogP contribution is -2.39. The number of carbonyl (C=O) groups is 1. The number of ether oxygens (including phenoxy) is 3. The summed E-state index contributed by atoms with van der Waals surface area (Å²) in [7, 11) is -3.68. The Hall–Kier alpha value is -3.97. The first-order valence-corrected chi connectivity index (χ1v) is 15.2. The maximum Gasteiger partial charge on any atom is 0.257 e. The quantitative estimate of drug-likeness (QED) is 0.370. The number of aromatic nitrogens is 3. The molecule has 1 aliphatic carbocycles. The molecule has 0 unspecified atom stereocenters. The highest BCUT2D eigenvalue weighted by Crippen LogP contribution is 2.38. The highest BCUT2D eigenvalue weighted by atomic mass is 32.2. The number of nitrogens with one attached hydrogen (secondary N) is 2. The van der Waals surface area contributed by atoms with E-state index in [2.05, 4.69) is 25.6 Å². The standard InChI is InChI=1S/C28H33N5O7S/c1-16(34)30-24-13-22(20(14-29-24)21-9-10-23-27(32-21)38-15-28(2,3)40-23)31-25-11-19(12-26(33-25)41(4,36)37)39-18-7-5-17(35)6-8-18/h9-14,17-18,35H,5-8,15H2,1-4H3,(H2,29,30,31,33,34). The first-order valence-electron chi connectivity index (χ1n) is 13.3. The smallest absolute Gasteiger partial charge is 0.257 e. The largest absolute Gasteiger partial charge is 0.490 e. The van der Waals surface area contributed by atoms with Crippen LogP contribution in [0.4, 0.5) is 17.3 Å². The number of hydrogen-bond donors (Lipinski definition) is 3. The van der Waals surface area contributed by atoms with Gasteiger partial charge in [0.2, 0.25) is 5.91 Å². The van der Waals surface area contributed by atoms with Crippen LogP contribution in [-0.2, 0) is 14.6 Å². The molecule has 0 aromatic carbocycles. The van der Waals surface area contributed by atoms with Crippen molar-refractivity contribution in [1.29, 1.82) is 0 Å². The van der Waals surface area contributed by atoms with Gasteiger partial charge in [0.25, 0.3) is 5.88 Å². The number of fused-ring (bicyclic) bond motifs is 1.